The van der Waals surface area contributed by atoms with Crippen molar-refractivity contribution in [3.8, 4) is 0 Å². The lowest BCUT2D eigenvalue weighted by Crippen LogP contribution is -2.57. The molecule has 1 amide bonds. The van der Waals surface area contributed by atoms with E-state index in [4.69, 9.17) is 4.74 Å². The third-order valence-corrected chi connectivity index (χ3v) is 7.78. The number of rotatable bonds is 4. The summed E-state index contributed by atoms with van der Waals surface area (Å²) in [5.41, 5.74) is 1.82. The molecule has 0 bridgehead atoms. The van der Waals surface area contributed by atoms with Gasteiger partial charge in [0.05, 0.1) is 5.60 Å². The number of hydrogen-bond acceptors (Lipinski definition) is 4. The largest absolute Gasteiger partial charge is 0.375 e. The van der Waals surface area contributed by atoms with Gasteiger partial charge < -0.3 is 19.5 Å². The molecule has 32 heavy (non-hydrogen) atoms. The van der Waals surface area contributed by atoms with E-state index in [0.29, 0.717) is 6.04 Å². The standard InChI is InChI=1S/C26H38N4O2/c1-20(2)19-28-12-14-29(15-13-28)23-6-16-32-26(18-23)7-10-30(11-8-26)25(31)22-3-4-24-21(17-22)5-9-27-24/h3-5,9,17,20,23,27H,6-8,10-16,18-19H2,1-2H3. The zero-order valence-corrected chi connectivity index (χ0v) is 19.7. The monoisotopic (exact) mass is 438 g/mol. The summed E-state index contributed by atoms with van der Waals surface area (Å²) in [6.07, 6.45) is 6.09. The van der Waals surface area contributed by atoms with Gasteiger partial charge in [-0.1, -0.05) is 13.8 Å². The second-order valence-corrected chi connectivity index (χ2v) is 10.5. The van der Waals surface area contributed by atoms with E-state index >= 15 is 0 Å². The molecule has 3 fully saturated rings. The molecule has 6 heteroatoms. The highest BCUT2D eigenvalue weighted by Crippen LogP contribution is 2.37. The number of H-pyrrole nitrogens is 1. The van der Waals surface area contributed by atoms with Crippen LogP contribution in [0.25, 0.3) is 10.9 Å². The van der Waals surface area contributed by atoms with Crippen LogP contribution in [0, 0.1) is 5.92 Å². The molecule has 2 aromatic rings. The Morgan fingerprint density at radius 2 is 1.91 bits per heavy atom. The lowest BCUT2D eigenvalue weighted by atomic mass is 9.81. The van der Waals surface area contributed by atoms with E-state index in [9.17, 15) is 4.79 Å². The molecule has 5 rings (SSSR count). The van der Waals surface area contributed by atoms with Crippen molar-refractivity contribution >= 4 is 16.8 Å². The Labute approximate surface area is 191 Å². The second-order valence-electron chi connectivity index (χ2n) is 10.5. The predicted molar refractivity (Wildman–Crippen MR) is 128 cm³/mol. The molecule has 174 valence electrons. The smallest absolute Gasteiger partial charge is 0.253 e. The maximum atomic E-state index is 13.1. The third-order valence-electron chi connectivity index (χ3n) is 7.78. The Kier molecular flexibility index (Phi) is 6.28. The van der Waals surface area contributed by atoms with Gasteiger partial charge in [-0.25, -0.2) is 0 Å². The lowest BCUT2D eigenvalue weighted by molar-refractivity contribution is -0.132. The quantitative estimate of drug-likeness (QED) is 0.793. The molecule has 1 N–H and O–H groups in total. The maximum absolute atomic E-state index is 13.1. The van der Waals surface area contributed by atoms with Crippen LogP contribution < -0.4 is 0 Å². The van der Waals surface area contributed by atoms with Gasteiger partial charge in [-0.15, -0.1) is 0 Å². The van der Waals surface area contributed by atoms with Gasteiger partial charge in [0.15, 0.2) is 0 Å². The number of carbonyl (C=O) groups excluding carboxylic acids is 1. The zero-order chi connectivity index (χ0) is 22.1. The molecule has 3 saturated heterocycles. The number of aromatic nitrogens is 1. The van der Waals surface area contributed by atoms with Crippen molar-refractivity contribution in [2.75, 3.05) is 52.4 Å². The van der Waals surface area contributed by atoms with Crippen LogP contribution in [0.3, 0.4) is 0 Å². The normalized spacial score (nSPS) is 25.1. The van der Waals surface area contributed by atoms with E-state index in [2.05, 4.69) is 28.6 Å². The van der Waals surface area contributed by atoms with Gasteiger partial charge in [-0.3, -0.25) is 9.69 Å². The Bertz CT molecular complexity index is 923. The number of carbonyl (C=O) groups is 1. The number of benzene rings is 1. The minimum absolute atomic E-state index is 0.0423. The number of aromatic amines is 1. The van der Waals surface area contributed by atoms with Gasteiger partial charge in [-0.2, -0.15) is 0 Å². The summed E-state index contributed by atoms with van der Waals surface area (Å²) in [5.74, 6) is 0.891. The Morgan fingerprint density at radius 3 is 2.66 bits per heavy atom. The molecule has 1 aromatic carbocycles. The van der Waals surface area contributed by atoms with Crippen molar-refractivity contribution in [2.45, 2.75) is 51.2 Å². The molecule has 0 radical (unpaired) electrons. The summed E-state index contributed by atoms with van der Waals surface area (Å²) >= 11 is 0. The molecular weight excluding hydrogens is 400 g/mol. The molecular formula is C26H38N4O2. The molecule has 4 heterocycles. The highest BCUT2D eigenvalue weighted by molar-refractivity contribution is 5.98. The number of likely N-dealkylation sites (tertiary alicyclic amines) is 1. The van der Waals surface area contributed by atoms with Crippen LogP contribution in [0.4, 0.5) is 0 Å². The molecule has 0 aliphatic carbocycles. The first-order valence-corrected chi connectivity index (χ1v) is 12.5. The van der Waals surface area contributed by atoms with Crippen molar-refractivity contribution in [1.82, 2.24) is 19.7 Å². The average molecular weight is 439 g/mol. The zero-order valence-electron chi connectivity index (χ0n) is 19.7. The number of hydrogen-bond donors (Lipinski definition) is 1. The number of piperidine rings is 1. The van der Waals surface area contributed by atoms with Crippen LogP contribution >= 0.6 is 0 Å². The van der Waals surface area contributed by atoms with Crippen molar-refractivity contribution in [2.24, 2.45) is 5.92 Å². The highest BCUT2D eigenvalue weighted by Gasteiger charge is 2.43. The van der Waals surface area contributed by atoms with E-state index in [1.54, 1.807) is 0 Å². The van der Waals surface area contributed by atoms with Crippen molar-refractivity contribution < 1.29 is 9.53 Å². The summed E-state index contributed by atoms with van der Waals surface area (Å²) in [6.45, 7) is 13.0. The molecule has 3 aliphatic rings. The van der Waals surface area contributed by atoms with Crippen LogP contribution in [0.15, 0.2) is 30.5 Å². The van der Waals surface area contributed by atoms with Crippen molar-refractivity contribution in [1.29, 1.82) is 0 Å². The first-order valence-electron chi connectivity index (χ1n) is 12.5. The number of amides is 1. The van der Waals surface area contributed by atoms with Crippen molar-refractivity contribution in [3.63, 3.8) is 0 Å². The molecule has 1 unspecified atom stereocenters. The summed E-state index contributed by atoms with van der Waals surface area (Å²) in [6, 6.07) is 8.60. The van der Waals surface area contributed by atoms with Crippen molar-refractivity contribution in [3.05, 3.63) is 36.0 Å². The summed E-state index contributed by atoms with van der Waals surface area (Å²) in [4.78, 5) is 23.7. The fraction of sp³-hybridized carbons (Fsp3) is 0.654. The number of fused-ring (bicyclic) bond motifs is 1. The maximum Gasteiger partial charge on any atom is 0.253 e. The van der Waals surface area contributed by atoms with E-state index in [0.717, 1.165) is 67.8 Å². The minimum atomic E-state index is -0.0423. The fourth-order valence-electron chi connectivity index (χ4n) is 5.98. The van der Waals surface area contributed by atoms with E-state index in [1.807, 2.05) is 35.4 Å². The van der Waals surface area contributed by atoms with Gasteiger partial charge in [-0.05, 0) is 55.9 Å². The van der Waals surface area contributed by atoms with Gasteiger partial charge in [0.2, 0.25) is 0 Å². The average Bonchev–Trinajstić information content (AvgIpc) is 3.27. The number of nitrogens with zero attached hydrogens (tertiary/aromatic N) is 3. The predicted octanol–water partition coefficient (Wildman–Crippen LogP) is 3.60. The first kappa shape index (κ1) is 21.9. The molecule has 1 spiro atoms. The molecule has 1 atom stereocenters. The van der Waals surface area contributed by atoms with E-state index in [1.165, 1.54) is 32.7 Å². The topological polar surface area (TPSA) is 51.8 Å². The number of piperazine rings is 1. The highest BCUT2D eigenvalue weighted by atomic mass is 16.5. The molecule has 3 aliphatic heterocycles. The van der Waals surface area contributed by atoms with E-state index < -0.39 is 0 Å². The summed E-state index contributed by atoms with van der Waals surface area (Å²) in [7, 11) is 0. The van der Waals surface area contributed by atoms with Gasteiger partial charge >= 0.3 is 0 Å². The van der Waals surface area contributed by atoms with Crippen LogP contribution in [-0.4, -0.2) is 89.7 Å². The SMILES string of the molecule is CC(C)CN1CCN(C2CCOC3(CCN(C(=O)c4ccc5[nH]ccc5c4)CC3)C2)CC1. The third kappa shape index (κ3) is 4.59. The Balaban J connectivity index is 1.16. The van der Waals surface area contributed by atoms with Crippen LogP contribution in [-0.2, 0) is 4.74 Å². The van der Waals surface area contributed by atoms with E-state index in [-0.39, 0.29) is 11.5 Å². The molecule has 1 aromatic heterocycles. The van der Waals surface area contributed by atoms with Gasteiger partial charge in [0.25, 0.3) is 5.91 Å². The number of ether oxygens (including phenoxy) is 1. The lowest BCUT2D eigenvalue weighted by Gasteiger charge is -2.49. The second kappa shape index (κ2) is 9.16. The van der Waals surface area contributed by atoms with Gasteiger partial charge in [0.1, 0.15) is 0 Å². The summed E-state index contributed by atoms with van der Waals surface area (Å²) < 4.78 is 6.40. The summed E-state index contributed by atoms with van der Waals surface area (Å²) in [5, 5.41) is 1.09. The fourth-order valence-corrected chi connectivity index (χ4v) is 5.98. The minimum Gasteiger partial charge on any atom is -0.375 e. The van der Waals surface area contributed by atoms with Crippen LogP contribution in [0.2, 0.25) is 0 Å². The number of nitrogens with one attached hydrogen (secondary N) is 1. The molecule has 6 nitrogen and oxygen atoms in total. The first-order chi connectivity index (χ1) is 15.5. The van der Waals surface area contributed by atoms with Crippen LogP contribution in [0.1, 0.15) is 49.9 Å². The Morgan fingerprint density at radius 1 is 1.12 bits per heavy atom. The molecule has 0 saturated carbocycles. The van der Waals surface area contributed by atoms with Crippen LogP contribution in [0.5, 0.6) is 0 Å². The Hall–Kier alpha value is -1.89. The van der Waals surface area contributed by atoms with Gasteiger partial charge in [0, 0.05) is 81.1 Å².